The number of nitro benzene ring substituents is 1. The van der Waals surface area contributed by atoms with Crippen LogP contribution in [0.4, 0.5) is 11.4 Å². The van der Waals surface area contributed by atoms with Crippen LogP contribution in [0.1, 0.15) is 0 Å². The summed E-state index contributed by atoms with van der Waals surface area (Å²) >= 11 is 0. The summed E-state index contributed by atoms with van der Waals surface area (Å²) in [7, 11) is 0. The fraction of sp³-hybridized carbons (Fsp3) is 0.222. The quantitative estimate of drug-likeness (QED) is 0.471. The third-order valence-corrected chi connectivity index (χ3v) is 2.48. The van der Waals surface area contributed by atoms with Gasteiger partial charge in [-0.3, -0.25) is 10.1 Å². The first-order valence-corrected chi connectivity index (χ1v) is 5.20. The van der Waals surface area contributed by atoms with E-state index in [1.165, 1.54) is 12.1 Å². The number of aliphatic carboxylic acids is 1. The van der Waals surface area contributed by atoms with Crippen molar-refractivity contribution >= 4 is 28.4 Å². The van der Waals surface area contributed by atoms with Gasteiger partial charge < -0.3 is 16.2 Å². The molecule has 0 bridgehead atoms. The number of carboxylic acids is 1. The lowest BCUT2D eigenvalue weighted by Crippen LogP contribution is -2.67. The van der Waals surface area contributed by atoms with Crippen molar-refractivity contribution in [2.24, 2.45) is 0 Å². The highest BCUT2D eigenvalue weighted by atomic mass is 16.6. The minimum absolute atomic E-state index is 0.00550. The third kappa shape index (κ3) is 2.42. The van der Waals surface area contributed by atoms with Gasteiger partial charge in [-0.05, 0) is 16.4 Å². The van der Waals surface area contributed by atoms with Crippen LogP contribution in [0.3, 0.4) is 0 Å². The van der Waals surface area contributed by atoms with Crippen LogP contribution in [0.25, 0.3) is 11.0 Å². The molecule has 0 aliphatic carbocycles. The number of aromatic nitrogens is 2. The van der Waals surface area contributed by atoms with Crippen molar-refractivity contribution in [1.82, 2.24) is 10.3 Å². The van der Waals surface area contributed by atoms with E-state index in [4.69, 9.17) is 5.11 Å². The van der Waals surface area contributed by atoms with Crippen LogP contribution in [0.2, 0.25) is 0 Å². The summed E-state index contributed by atoms with van der Waals surface area (Å²) in [6.45, 7) is 0.0507. The molecule has 0 amide bonds. The number of nitrogens with zero attached hydrogens (tertiary/aromatic N) is 3. The number of hydrogen-bond acceptors (Lipinski definition) is 7. The number of anilines is 1. The zero-order valence-corrected chi connectivity index (χ0v) is 9.57. The minimum atomic E-state index is -1.05. The van der Waals surface area contributed by atoms with Crippen LogP contribution in [-0.4, -0.2) is 38.9 Å². The molecule has 100 valence electrons. The smallest absolute Gasteiger partial charge is 0.364 e. The van der Waals surface area contributed by atoms with Crippen molar-refractivity contribution in [3.8, 4) is 0 Å². The number of nitrogens with one attached hydrogen (secondary N) is 1. The maximum Gasteiger partial charge on any atom is 0.364 e. The highest BCUT2D eigenvalue weighted by Crippen LogP contribution is 2.28. The van der Waals surface area contributed by atoms with E-state index >= 15 is 0 Å². The van der Waals surface area contributed by atoms with E-state index in [1.807, 2.05) is 0 Å². The average molecular weight is 268 g/mol. The van der Waals surface area contributed by atoms with Gasteiger partial charge in [0.25, 0.3) is 0 Å². The van der Waals surface area contributed by atoms with Crippen molar-refractivity contribution in [3.63, 3.8) is 0 Å². The summed E-state index contributed by atoms with van der Waals surface area (Å²) in [6, 6.07) is 1.80. The standard InChI is InChI=1S/C9H9N5O5/c10-4(9(15)16)3-11-5-1-2-6(14(17)18)8-7(5)12-19-13-8/h1-2,4,11H,3,10H2,(H,15,16)/p+1/t4-/m1/s1. The van der Waals surface area contributed by atoms with E-state index < -0.39 is 16.9 Å². The van der Waals surface area contributed by atoms with E-state index in [0.29, 0.717) is 5.69 Å². The molecule has 10 heteroatoms. The lowest BCUT2D eigenvalue weighted by molar-refractivity contribution is -0.403. The molecule has 1 aromatic heterocycles. The molecule has 10 nitrogen and oxygen atoms in total. The monoisotopic (exact) mass is 268 g/mol. The Kier molecular flexibility index (Phi) is 3.25. The number of carboxylic acid groups (broad SMARTS) is 1. The number of rotatable bonds is 5. The normalized spacial score (nSPS) is 12.3. The van der Waals surface area contributed by atoms with Crippen molar-refractivity contribution in [2.45, 2.75) is 6.04 Å². The summed E-state index contributed by atoms with van der Waals surface area (Å²) in [6.07, 6.45) is 0. The molecule has 0 fully saturated rings. The second-order valence-corrected chi connectivity index (χ2v) is 3.77. The van der Waals surface area contributed by atoms with E-state index in [1.54, 1.807) is 0 Å². The molecule has 5 N–H and O–H groups in total. The number of carbonyl (C=O) groups is 1. The lowest BCUT2D eigenvalue weighted by Gasteiger charge is -2.07. The van der Waals surface area contributed by atoms with Gasteiger partial charge in [-0.25, -0.2) is 9.42 Å². The highest BCUT2D eigenvalue weighted by molar-refractivity contribution is 5.93. The maximum absolute atomic E-state index is 10.8. The molecule has 0 unspecified atom stereocenters. The predicted molar refractivity (Wildman–Crippen MR) is 61.3 cm³/mol. The van der Waals surface area contributed by atoms with E-state index in [-0.39, 0.29) is 23.3 Å². The van der Waals surface area contributed by atoms with Crippen LogP contribution < -0.4 is 11.1 Å². The van der Waals surface area contributed by atoms with Crippen molar-refractivity contribution < 1.29 is 25.2 Å². The molecule has 0 aliphatic rings. The Morgan fingerprint density at radius 2 is 2.21 bits per heavy atom. The van der Waals surface area contributed by atoms with Crippen LogP contribution in [0.5, 0.6) is 0 Å². The second-order valence-electron chi connectivity index (χ2n) is 3.77. The molecule has 1 heterocycles. The summed E-state index contributed by atoms with van der Waals surface area (Å²) in [5.74, 6) is -1.05. The molecule has 0 spiro atoms. The van der Waals surface area contributed by atoms with E-state index in [9.17, 15) is 14.9 Å². The first-order valence-electron chi connectivity index (χ1n) is 5.20. The summed E-state index contributed by atoms with van der Waals surface area (Å²) in [5, 5.41) is 29.3. The van der Waals surface area contributed by atoms with Crippen molar-refractivity contribution in [3.05, 3.63) is 22.2 Å². The number of non-ortho nitro benzene ring substituents is 1. The molecular formula is C9H10N5O5+. The Bertz CT molecular complexity index is 639. The number of fused-ring (bicyclic) bond motifs is 1. The van der Waals surface area contributed by atoms with Crippen LogP contribution in [-0.2, 0) is 4.79 Å². The minimum Gasteiger partial charge on any atom is -0.477 e. The van der Waals surface area contributed by atoms with Gasteiger partial charge in [0, 0.05) is 6.07 Å². The third-order valence-electron chi connectivity index (χ3n) is 2.48. The summed E-state index contributed by atoms with van der Waals surface area (Å²) in [4.78, 5) is 20.8. The fourth-order valence-electron chi connectivity index (χ4n) is 1.46. The summed E-state index contributed by atoms with van der Waals surface area (Å²) in [5.41, 5.74) is 3.78. The van der Waals surface area contributed by atoms with Gasteiger partial charge in [-0.15, -0.1) is 0 Å². The van der Waals surface area contributed by atoms with Crippen LogP contribution >= 0.6 is 0 Å². The predicted octanol–water partition coefficient (Wildman–Crippen LogP) is -0.762. The number of benzene rings is 1. The zero-order chi connectivity index (χ0) is 14.0. The molecule has 1 aromatic carbocycles. The van der Waals surface area contributed by atoms with Gasteiger partial charge in [-0.2, -0.15) is 0 Å². The first kappa shape index (κ1) is 12.7. The van der Waals surface area contributed by atoms with Crippen LogP contribution in [0, 0.1) is 10.1 Å². The molecule has 19 heavy (non-hydrogen) atoms. The molecule has 2 rings (SSSR count). The lowest BCUT2D eigenvalue weighted by atomic mass is 10.2. The SMILES string of the molecule is [NH3+][C@H](CNc1ccc([N+](=O)[O-])c2nonc12)C(=O)O. The Morgan fingerprint density at radius 3 is 2.84 bits per heavy atom. The van der Waals surface area contributed by atoms with Gasteiger partial charge in [0.05, 0.1) is 17.2 Å². The highest BCUT2D eigenvalue weighted by Gasteiger charge is 2.21. The molecule has 0 radical (unpaired) electrons. The molecule has 0 saturated heterocycles. The van der Waals surface area contributed by atoms with Crippen LogP contribution in [0.15, 0.2) is 16.8 Å². The average Bonchev–Trinajstić information content (AvgIpc) is 2.83. The maximum atomic E-state index is 10.8. The zero-order valence-electron chi connectivity index (χ0n) is 9.57. The first-order chi connectivity index (χ1) is 9.00. The van der Waals surface area contributed by atoms with E-state index in [2.05, 4.69) is 26.0 Å². The Hall–Kier alpha value is -2.75. The molecule has 0 saturated carbocycles. The van der Waals surface area contributed by atoms with Crippen molar-refractivity contribution in [2.75, 3.05) is 11.9 Å². The Labute approximate surface area is 105 Å². The van der Waals surface area contributed by atoms with Gasteiger partial charge in [0.1, 0.15) is 0 Å². The molecular weight excluding hydrogens is 258 g/mol. The number of quaternary nitrogens is 1. The fourth-order valence-corrected chi connectivity index (χ4v) is 1.46. The van der Waals surface area contributed by atoms with Gasteiger partial charge in [-0.1, -0.05) is 0 Å². The molecule has 2 aromatic rings. The van der Waals surface area contributed by atoms with Crippen molar-refractivity contribution in [1.29, 1.82) is 0 Å². The Morgan fingerprint density at radius 1 is 1.53 bits per heavy atom. The topological polar surface area (TPSA) is 159 Å². The second kappa shape index (κ2) is 4.86. The summed E-state index contributed by atoms with van der Waals surface area (Å²) < 4.78 is 4.47. The Balaban J connectivity index is 2.30. The van der Waals surface area contributed by atoms with E-state index in [0.717, 1.165) is 0 Å². The van der Waals surface area contributed by atoms with Gasteiger partial charge >= 0.3 is 11.7 Å². The largest absolute Gasteiger partial charge is 0.477 e. The van der Waals surface area contributed by atoms with Gasteiger partial charge in [0.15, 0.2) is 11.6 Å². The molecule has 0 aliphatic heterocycles. The molecule has 1 atom stereocenters. The number of nitro groups is 1. The van der Waals surface area contributed by atoms with Gasteiger partial charge in [0.2, 0.25) is 5.52 Å². The number of hydrogen-bond donors (Lipinski definition) is 3.